The van der Waals surface area contributed by atoms with E-state index in [1.165, 1.54) is 180 Å². The molecule has 0 aromatic heterocycles. The van der Waals surface area contributed by atoms with Gasteiger partial charge in [0.05, 0.1) is 0 Å². The molecule has 0 aliphatic rings. The predicted octanol–water partition coefficient (Wildman–Crippen LogP) is 20.6. The maximum Gasteiger partial charge on any atom is 0.306 e. The standard InChI is InChI=1S/C64H116O6/c1-4-7-10-13-15-17-19-21-23-25-26-27-28-29-30-31-32-33-34-35-36-37-39-40-42-44-46-48-51-54-57-63(66)69-60-61(59-68-62(65)56-53-50-12-9-6-3)70-64(67)58-55-52-49-47-45-43-41-38-24-22-20-18-16-14-11-8-5-2/h8,11,16,18,22,24,41,43,61H,4-7,9-10,12-15,17,19-21,23,25-40,42,44-60H2,1-3H3/b11-8-,18-16-,24-22-,43-41-. The van der Waals surface area contributed by atoms with Gasteiger partial charge in [0.25, 0.3) is 0 Å². The molecule has 1 atom stereocenters. The summed E-state index contributed by atoms with van der Waals surface area (Å²) in [6, 6.07) is 0. The lowest BCUT2D eigenvalue weighted by molar-refractivity contribution is -0.167. The highest BCUT2D eigenvalue weighted by Gasteiger charge is 2.19. The minimum Gasteiger partial charge on any atom is -0.462 e. The highest BCUT2D eigenvalue weighted by atomic mass is 16.6. The molecule has 0 aliphatic heterocycles. The molecular formula is C64H116O6. The average Bonchev–Trinajstić information content (AvgIpc) is 3.36. The van der Waals surface area contributed by atoms with Crippen LogP contribution in [0.15, 0.2) is 48.6 Å². The van der Waals surface area contributed by atoms with Crippen LogP contribution in [0.5, 0.6) is 0 Å². The van der Waals surface area contributed by atoms with Crippen LogP contribution in [0.1, 0.15) is 323 Å². The Labute approximate surface area is 435 Å². The lowest BCUT2D eigenvalue weighted by atomic mass is 10.0. The van der Waals surface area contributed by atoms with Gasteiger partial charge in [-0.05, 0) is 57.8 Å². The fraction of sp³-hybridized carbons (Fsp3) is 0.828. The Morgan fingerprint density at radius 1 is 0.300 bits per heavy atom. The van der Waals surface area contributed by atoms with Crippen LogP contribution in [0.2, 0.25) is 0 Å². The van der Waals surface area contributed by atoms with E-state index in [1.807, 2.05) is 0 Å². The predicted molar refractivity (Wildman–Crippen MR) is 302 cm³/mol. The summed E-state index contributed by atoms with van der Waals surface area (Å²) in [6.07, 6.45) is 73.3. The van der Waals surface area contributed by atoms with Gasteiger partial charge in [-0.1, -0.05) is 294 Å². The molecule has 408 valence electrons. The van der Waals surface area contributed by atoms with Crippen LogP contribution < -0.4 is 0 Å². The van der Waals surface area contributed by atoms with Gasteiger partial charge in [-0.15, -0.1) is 0 Å². The van der Waals surface area contributed by atoms with Gasteiger partial charge in [0.2, 0.25) is 0 Å². The van der Waals surface area contributed by atoms with Crippen molar-refractivity contribution in [3.8, 4) is 0 Å². The maximum atomic E-state index is 12.8. The zero-order valence-corrected chi connectivity index (χ0v) is 46.8. The first-order chi connectivity index (χ1) is 34.5. The molecule has 0 saturated carbocycles. The van der Waals surface area contributed by atoms with E-state index in [1.54, 1.807) is 0 Å². The fourth-order valence-electron chi connectivity index (χ4n) is 9.02. The van der Waals surface area contributed by atoms with Gasteiger partial charge in [0, 0.05) is 19.3 Å². The van der Waals surface area contributed by atoms with Gasteiger partial charge in [-0.3, -0.25) is 14.4 Å². The molecule has 0 fully saturated rings. The Bertz CT molecular complexity index is 1220. The van der Waals surface area contributed by atoms with Gasteiger partial charge in [0.15, 0.2) is 6.10 Å². The van der Waals surface area contributed by atoms with Gasteiger partial charge in [-0.25, -0.2) is 0 Å². The van der Waals surface area contributed by atoms with Gasteiger partial charge >= 0.3 is 17.9 Å². The summed E-state index contributed by atoms with van der Waals surface area (Å²) in [5, 5.41) is 0. The number of carbonyl (C=O) groups excluding carboxylic acids is 3. The summed E-state index contributed by atoms with van der Waals surface area (Å²) in [5.74, 6) is -0.906. The lowest BCUT2D eigenvalue weighted by Gasteiger charge is -2.18. The van der Waals surface area contributed by atoms with Crippen molar-refractivity contribution in [2.24, 2.45) is 0 Å². The molecule has 0 spiro atoms. The zero-order valence-electron chi connectivity index (χ0n) is 46.8. The van der Waals surface area contributed by atoms with E-state index in [0.29, 0.717) is 19.3 Å². The largest absolute Gasteiger partial charge is 0.462 e. The normalized spacial score (nSPS) is 12.3. The van der Waals surface area contributed by atoms with Crippen molar-refractivity contribution in [1.82, 2.24) is 0 Å². The molecule has 0 amide bonds. The Morgan fingerprint density at radius 3 is 0.871 bits per heavy atom. The number of carbonyl (C=O) groups is 3. The Balaban J connectivity index is 3.96. The highest BCUT2D eigenvalue weighted by Crippen LogP contribution is 2.18. The molecule has 0 radical (unpaired) electrons. The molecule has 0 aliphatic carbocycles. The first-order valence-electron chi connectivity index (χ1n) is 30.6. The Hall–Kier alpha value is -2.63. The summed E-state index contributed by atoms with van der Waals surface area (Å²) in [6.45, 7) is 6.46. The van der Waals surface area contributed by atoms with E-state index in [4.69, 9.17) is 14.2 Å². The first-order valence-corrected chi connectivity index (χ1v) is 30.6. The number of unbranched alkanes of at least 4 members (excludes halogenated alkanes) is 37. The molecule has 6 heteroatoms. The third-order valence-electron chi connectivity index (χ3n) is 13.6. The van der Waals surface area contributed by atoms with Gasteiger partial charge in [0.1, 0.15) is 13.2 Å². The molecule has 70 heavy (non-hydrogen) atoms. The van der Waals surface area contributed by atoms with E-state index >= 15 is 0 Å². The van der Waals surface area contributed by atoms with Crippen molar-refractivity contribution in [1.29, 1.82) is 0 Å². The molecule has 0 saturated heterocycles. The average molecular weight is 982 g/mol. The fourth-order valence-corrected chi connectivity index (χ4v) is 9.02. The minimum atomic E-state index is -0.780. The van der Waals surface area contributed by atoms with E-state index < -0.39 is 6.10 Å². The molecule has 0 heterocycles. The molecule has 0 bridgehead atoms. The van der Waals surface area contributed by atoms with Gasteiger partial charge in [-0.2, -0.15) is 0 Å². The Morgan fingerprint density at radius 2 is 0.557 bits per heavy atom. The van der Waals surface area contributed by atoms with Crippen molar-refractivity contribution >= 4 is 17.9 Å². The van der Waals surface area contributed by atoms with E-state index in [2.05, 4.69) is 69.4 Å². The zero-order chi connectivity index (χ0) is 50.7. The number of ether oxygens (including phenoxy) is 3. The Kier molecular flexibility index (Phi) is 56.7. The van der Waals surface area contributed by atoms with Gasteiger partial charge < -0.3 is 14.2 Å². The smallest absolute Gasteiger partial charge is 0.306 e. The van der Waals surface area contributed by atoms with Crippen molar-refractivity contribution in [2.45, 2.75) is 329 Å². The van der Waals surface area contributed by atoms with E-state index in [9.17, 15) is 14.4 Å². The second-order valence-electron chi connectivity index (χ2n) is 20.6. The number of hydrogen-bond acceptors (Lipinski definition) is 6. The SMILES string of the molecule is CC/C=C\C/C=C\C/C=C\C/C=C\CCCCCCC(=O)OC(COC(=O)CCCCCCC)COC(=O)CCCCCCCCCCCCCCCCCCCCCCCCCCCCCCCC. The number of hydrogen-bond donors (Lipinski definition) is 0. The minimum absolute atomic E-state index is 0.0805. The molecular weight excluding hydrogens is 865 g/mol. The molecule has 0 aromatic rings. The van der Waals surface area contributed by atoms with Crippen LogP contribution in [0.4, 0.5) is 0 Å². The topological polar surface area (TPSA) is 78.9 Å². The summed E-state index contributed by atoms with van der Waals surface area (Å²) < 4.78 is 16.7. The number of allylic oxidation sites excluding steroid dienone is 8. The third-order valence-corrected chi connectivity index (χ3v) is 13.6. The molecule has 6 nitrogen and oxygen atoms in total. The molecule has 1 unspecified atom stereocenters. The van der Waals surface area contributed by atoms with Crippen LogP contribution in [-0.4, -0.2) is 37.2 Å². The second kappa shape index (κ2) is 58.9. The van der Waals surface area contributed by atoms with Crippen LogP contribution >= 0.6 is 0 Å². The third kappa shape index (κ3) is 56.3. The van der Waals surface area contributed by atoms with Crippen molar-refractivity contribution in [3.63, 3.8) is 0 Å². The van der Waals surface area contributed by atoms with E-state index in [0.717, 1.165) is 103 Å². The van der Waals surface area contributed by atoms with Crippen LogP contribution in [0, 0.1) is 0 Å². The van der Waals surface area contributed by atoms with E-state index in [-0.39, 0.29) is 31.1 Å². The number of rotatable bonds is 56. The summed E-state index contributed by atoms with van der Waals surface area (Å²) >= 11 is 0. The summed E-state index contributed by atoms with van der Waals surface area (Å²) in [7, 11) is 0. The molecule has 0 aromatic carbocycles. The summed E-state index contributed by atoms with van der Waals surface area (Å²) in [4.78, 5) is 37.8. The first kappa shape index (κ1) is 67.4. The molecule has 0 N–H and O–H groups in total. The second-order valence-corrected chi connectivity index (χ2v) is 20.6. The summed E-state index contributed by atoms with van der Waals surface area (Å²) in [5.41, 5.74) is 0. The van der Waals surface area contributed by atoms with Crippen molar-refractivity contribution in [3.05, 3.63) is 48.6 Å². The van der Waals surface area contributed by atoms with Crippen molar-refractivity contribution in [2.75, 3.05) is 13.2 Å². The van der Waals surface area contributed by atoms with Crippen LogP contribution in [0.3, 0.4) is 0 Å². The number of esters is 3. The quantitative estimate of drug-likeness (QED) is 0.0261. The maximum absolute atomic E-state index is 12.8. The van der Waals surface area contributed by atoms with Crippen molar-refractivity contribution < 1.29 is 28.6 Å². The van der Waals surface area contributed by atoms with Crippen LogP contribution in [-0.2, 0) is 28.6 Å². The molecule has 0 rings (SSSR count). The van der Waals surface area contributed by atoms with Crippen LogP contribution in [0.25, 0.3) is 0 Å². The highest BCUT2D eigenvalue weighted by molar-refractivity contribution is 5.71. The lowest BCUT2D eigenvalue weighted by Crippen LogP contribution is -2.30. The monoisotopic (exact) mass is 981 g/mol.